The van der Waals surface area contributed by atoms with Crippen LogP contribution in [0.1, 0.15) is 18.4 Å². The number of halogens is 2. The Morgan fingerprint density at radius 1 is 1.11 bits per heavy atom. The maximum absolute atomic E-state index is 12.4. The summed E-state index contributed by atoms with van der Waals surface area (Å²) in [6, 6.07) is 16.0. The Bertz CT molecular complexity index is 827. The van der Waals surface area contributed by atoms with Gasteiger partial charge in [-0.3, -0.25) is 4.79 Å². The van der Waals surface area contributed by atoms with Crippen molar-refractivity contribution in [1.29, 1.82) is 0 Å². The zero-order valence-corrected chi connectivity index (χ0v) is 18.8. The highest BCUT2D eigenvalue weighted by Gasteiger charge is 2.33. The molecule has 3 nitrogen and oxygen atoms in total. The molecular formula is C22H24BrClN2OS. The number of likely N-dealkylation sites (tertiary alicyclic amines) is 1. The SMILES string of the molecule is O=C1SC(CN2CCC(Cc3cc(Cl)ccc3Br)CC2)CN1c1ccccc1. The molecule has 1 amide bonds. The molecule has 28 heavy (non-hydrogen) atoms. The van der Waals surface area contributed by atoms with E-state index >= 15 is 0 Å². The van der Waals surface area contributed by atoms with Gasteiger partial charge < -0.3 is 9.80 Å². The van der Waals surface area contributed by atoms with Crippen molar-refractivity contribution in [2.75, 3.05) is 31.1 Å². The molecule has 148 valence electrons. The molecule has 0 radical (unpaired) electrons. The van der Waals surface area contributed by atoms with E-state index in [1.807, 2.05) is 47.4 Å². The molecular weight excluding hydrogens is 456 g/mol. The standard InChI is InChI=1S/C22H24BrClN2OS/c23-21-7-6-18(24)13-17(21)12-16-8-10-25(11-9-16)14-20-15-26(22(27)28-20)19-4-2-1-3-5-19/h1-7,13,16,20H,8-12,14-15H2. The van der Waals surface area contributed by atoms with Crippen molar-refractivity contribution >= 4 is 50.2 Å². The molecule has 1 unspecified atom stereocenters. The third-order valence-electron chi connectivity index (χ3n) is 5.63. The van der Waals surface area contributed by atoms with Crippen LogP contribution in [0.5, 0.6) is 0 Å². The maximum Gasteiger partial charge on any atom is 0.286 e. The number of rotatable bonds is 5. The van der Waals surface area contributed by atoms with Crippen molar-refractivity contribution in [1.82, 2.24) is 4.90 Å². The van der Waals surface area contributed by atoms with Gasteiger partial charge in [0.1, 0.15) is 0 Å². The van der Waals surface area contributed by atoms with Crippen LogP contribution in [-0.4, -0.2) is 41.6 Å². The Hall–Kier alpha value is -1.01. The van der Waals surface area contributed by atoms with Gasteiger partial charge in [-0.15, -0.1) is 0 Å². The van der Waals surface area contributed by atoms with Gasteiger partial charge in [0.2, 0.25) is 0 Å². The summed E-state index contributed by atoms with van der Waals surface area (Å²) in [6.45, 7) is 4.02. The number of benzene rings is 2. The van der Waals surface area contributed by atoms with Crippen LogP contribution in [-0.2, 0) is 6.42 Å². The minimum atomic E-state index is 0.178. The number of hydrogen-bond donors (Lipinski definition) is 0. The first kappa shape index (κ1) is 20.3. The van der Waals surface area contributed by atoms with Crippen molar-refractivity contribution in [2.45, 2.75) is 24.5 Å². The first-order valence-corrected chi connectivity index (χ1v) is 11.8. The van der Waals surface area contributed by atoms with E-state index in [9.17, 15) is 4.79 Å². The van der Waals surface area contributed by atoms with Crippen molar-refractivity contribution in [2.24, 2.45) is 5.92 Å². The predicted octanol–water partition coefficient (Wildman–Crippen LogP) is 6.10. The highest BCUT2D eigenvalue weighted by molar-refractivity contribution is 9.10. The zero-order valence-electron chi connectivity index (χ0n) is 15.7. The van der Waals surface area contributed by atoms with Gasteiger partial charge in [-0.25, -0.2) is 0 Å². The van der Waals surface area contributed by atoms with Crippen molar-refractivity contribution in [3.63, 3.8) is 0 Å². The van der Waals surface area contributed by atoms with E-state index in [1.54, 1.807) is 0 Å². The predicted molar refractivity (Wildman–Crippen MR) is 123 cm³/mol. The van der Waals surface area contributed by atoms with Crippen molar-refractivity contribution in [3.05, 3.63) is 63.6 Å². The lowest BCUT2D eigenvalue weighted by molar-refractivity contribution is 0.185. The molecule has 2 aliphatic rings. The first-order valence-electron chi connectivity index (χ1n) is 9.78. The normalized spacial score (nSPS) is 21.4. The van der Waals surface area contributed by atoms with E-state index in [0.717, 1.165) is 47.8 Å². The first-order chi connectivity index (χ1) is 13.6. The number of anilines is 1. The van der Waals surface area contributed by atoms with E-state index in [4.69, 9.17) is 11.6 Å². The number of carbonyl (C=O) groups is 1. The van der Waals surface area contributed by atoms with Gasteiger partial charge in [0.15, 0.2) is 0 Å². The van der Waals surface area contributed by atoms with Crippen LogP contribution in [0.25, 0.3) is 0 Å². The van der Waals surface area contributed by atoms with Crippen LogP contribution in [0, 0.1) is 5.92 Å². The Kier molecular flexibility index (Phi) is 6.66. The number of nitrogens with zero attached hydrogens (tertiary/aromatic N) is 2. The maximum atomic E-state index is 12.4. The number of hydrogen-bond acceptors (Lipinski definition) is 3. The van der Waals surface area contributed by atoms with E-state index < -0.39 is 0 Å². The number of amides is 1. The lowest BCUT2D eigenvalue weighted by atomic mass is 9.90. The fraction of sp³-hybridized carbons (Fsp3) is 0.409. The van der Waals surface area contributed by atoms with E-state index in [-0.39, 0.29) is 5.24 Å². The molecule has 2 saturated heterocycles. The summed E-state index contributed by atoms with van der Waals surface area (Å²) in [6.07, 6.45) is 3.48. The van der Waals surface area contributed by atoms with Crippen LogP contribution in [0.3, 0.4) is 0 Å². The van der Waals surface area contributed by atoms with Crippen molar-refractivity contribution in [3.8, 4) is 0 Å². The summed E-state index contributed by atoms with van der Waals surface area (Å²) >= 11 is 11.3. The Morgan fingerprint density at radius 3 is 2.61 bits per heavy atom. The number of piperidine rings is 1. The van der Waals surface area contributed by atoms with Crippen LogP contribution < -0.4 is 4.90 Å². The topological polar surface area (TPSA) is 23.6 Å². The molecule has 0 N–H and O–H groups in total. The summed E-state index contributed by atoms with van der Waals surface area (Å²) in [5.41, 5.74) is 2.31. The van der Waals surface area contributed by atoms with Crippen LogP contribution >= 0.6 is 39.3 Å². The third-order valence-corrected chi connectivity index (χ3v) is 7.69. The zero-order chi connectivity index (χ0) is 19.5. The van der Waals surface area contributed by atoms with Crippen LogP contribution in [0.4, 0.5) is 10.5 Å². The molecule has 0 saturated carbocycles. The fourth-order valence-corrected chi connectivity index (χ4v) is 5.81. The number of para-hydroxylation sites is 1. The van der Waals surface area contributed by atoms with Gasteiger partial charge in [-0.2, -0.15) is 0 Å². The van der Waals surface area contributed by atoms with Gasteiger partial charge in [-0.1, -0.05) is 57.5 Å². The van der Waals surface area contributed by atoms with Crippen LogP contribution in [0.15, 0.2) is 53.0 Å². The fourth-order valence-electron chi connectivity index (χ4n) is 4.11. The Morgan fingerprint density at radius 2 is 1.86 bits per heavy atom. The molecule has 4 rings (SSSR count). The van der Waals surface area contributed by atoms with E-state index in [1.165, 1.54) is 30.2 Å². The molecule has 2 heterocycles. The van der Waals surface area contributed by atoms with Gasteiger partial charge >= 0.3 is 0 Å². The monoisotopic (exact) mass is 478 g/mol. The minimum Gasteiger partial charge on any atom is -0.302 e. The summed E-state index contributed by atoms with van der Waals surface area (Å²) in [5, 5.41) is 1.34. The lowest BCUT2D eigenvalue weighted by Crippen LogP contribution is -2.39. The molecule has 6 heteroatoms. The molecule has 0 spiro atoms. The van der Waals surface area contributed by atoms with Gasteiger partial charge in [0.05, 0.1) is 0 Å². The highest BCUT2D eigenvalue weighted by atomic mass is 79.9. The van der Waals surface area contributed by atoms with Crippen molar-refractivity contribution < 1.29 is 4.79 Å². The second-order valence-electron chi connectivity index (χ2n) is 7.64. The number of carbonyl (C=O) groups excluding carboxylic acids is 1. The quantitative estimate of drug-likeness (QED) is 0.518. The molecule has 0 aromatic heterocycles. The Balaban J connectivity index is 1.27. The Labute approximate surface area is 184 Å². The smallest absolute Gasteiger partial charge is 0.286 e. The second kappa shape index (κ2) is 9.21. The van der Waals surface area contributed by atoms with E-state index in [2.05, 4.69) is 26.9 Å². The third kappa shape index (κ3) is 4.93. The van der Waals surface area contributed by atoms with Gasteiger partial charge in [0.25, 0.3) is 5.24 Å². The van der Waals surface area contributed by atoms with Gasteiger partial charge in [-0.05, 0) is 74.2 Å². The average Bonchev–Trinajstić information content (AvgIpc) is 3.07. The van der Waals surface area contributed by atoms with E-state index in [0.29, 0.717) is 11.2 Å². The molecule has 2 aliphatic heterocycles. The summed E-state index contributed by atoms with van der Waals surface area (Å²) in [4.78, 5) is 16.8. The summed E-state index contributed by atoms with van der Waals surface area (Å²) < 4.78 is 1.15. The van der Waals surface area contributed by atoms with Crippen LogP contribution in [0.2, 0.25) is 5.02 Å². The largest absolute Gasteiger partial charge is 0.302 e. The summed E-state index contributed by atoms with van der Waals surface area (Å²) in [5.74, 6) is 0.699. The summed E-state index contributed by atoms with van der Waals surface area (Å²) in [7, 11) is 0. The molecule has 2 aromatic carbocycles. The molecule has 2 aromatic rings. The average molecular weight is 480 g/mol. The minimum absolute atomic E-state index is 0.178. The lowest BCUT2D eigenvalue weighted by Gasteiger charge is -2.33. The molecule has 2 fully saturated rings. The highest BCUT2D eigenvalue weighted by Crippen LogP contribution is 2.32. The number of thioether (sulfide) groups is 1. The molecule has 0 bridgehead atoms. The molecule has 0 aliphatic carbocycles. The molecule has 1 atom stereocenters. The second-order valence-corrected chi connectivity index (χ2v) is 10.2. The van der Waals surface area contributed by atoms with Gasteiger partial charge in [0, 0.05) is 33.5 Å².